The van der Waals surface area contributed by atoms with Gasteiger partial charge in [-0.15, -0.1) is 0 Å². The molecule has 19 heavy (non-hydrogen) atoms. The van der Waals surface area contributed by atoms with Crippen LogP contribution in [-0.2, 0) is 0 Å². The number of nitriles is 3. The topological polar surface area (TPSA) is 71.4 Å². The Morgan fingerprint density at radius 3 is 1.26 bits per heavy atom. The highest BCUT2D eigenvalue weighted by Crippen LogP contribution is 2.09. The van der Waals surface area contributed by atoms with E-state index in [0.29, 0.717) is 12.8 Å². The molecule has 0 fully saturated rings. The molecule has 3 nitrogen and oxygen atoms in total. The van der Waals surface area contributed by atoms with Crippen LogP contribution >= 0.6 is 0 Å². The molecule has 0 spiro atoms. The van der Waals surface area contributed by atoms with Gasteiger partial charge < -0.3 is 0 Å². The van der Waals surface area contributed by atoms with E-state index in [1.165, 1.54) is 51.4 Å². The molecule has 0 aromatic carbocycles. The van der Waals surface area contributed by atoms with Gasteiger partial charge >= 0.3 is 0 Å². The number of hydrogen-bond acceptors (Lipinski definition) is 3. The molecule has 0 heterocycles. The first-order valence-electron chi connectivity index (χ1n) is 7.44. The summed E-state index contributed by atoms with van der Waals surface area (Å²) in [5.41, 5.74) is 0. The second-order valence-electron chi connectivity index (χ2n) is 4.55. The van der Waals surface area contributed by atoms with E-state index in [-0.39, 0.29) is 0 Å². The summed E-state index contributed by atoms with van der Waals surface area (Å²) in [6.45, 7) is 2.25. The highest BCUT2D eigenvalue weighted by molar-refractivity contribution is 4.78. The third-order valence-electron chi connectivity index (χ3n) is 2.74. The van der Waals surface area contributed by atoms with Crippen LogP contribution in [0.4, 0.5) is 0 Å². The van der Waals surface area contributed by atoms with Gasteiger partial charge in [0.25, 0.3) is 0 Å². The van der Waals surface area contributed by atoms with Gasteiger partial charge in [-0.2, -0.15) is 15.8 Å². The zero-order valence-electron chi connectivity index (χ0n) is 12.3. The highest BCUT2D eigenvalue weighted by Gasteiger charge is 1.91. The molecular weight excluding hydrogens is 234 g/mol. The van der Waals surface area contributed by atoms with Crippen LogP contribution in [0.2, 0.25) is 0 Å². The van der Waals surface area contributed by atoms with Crippen molar-refractivity contribution in [2.24, 2.45) is 0 Å². The molecule has 0 aliphatic heterocycles. The minimum absolute atomic E-state index is 0.358. The van der Waals surface area contributed by atoms with E-state index in [1.54, 1.807) is 0 Å². The van der Waals surface area contributed by atoms with E-state index in [2.05, 4.69) is 13.0 Å². The third kappa shape index (κ3) is 26.2. The summed E-state index contributed by atoms with van der Waals surface area (Å²) in [5, 5.41) is 23.9. The van der Waals surface area contributed by atoms with E-state index in [0.717, 1.165) is 12.8 Å². The average molecular weight is 261 g/mol. The Morgan fingerprint density at radius 1 is 0.526 bits per heavy atom. The lowest BCUT2D eigenvalue weighted by molar-refractivity contribution is 0.567. The lowest BCUT2D eigenvalue weighted by atomic mass is 10.1. The van der Waals surface area contributed by atoms with Crippen LogP contribution in [0, 0.1) is 34.0 Å². The van der Waals surface area contributed by atoms with Crippen molar-refractivity contribution >= 4 is 0 Å². The Hall–Kier alpha value is -1.53. The molecule has 0 rings (SSSR count). The maximum absolute atomic E-state index is 8.32. The number of nitrogens with zero attached hydrogens (tertiary/aromatic N) is 3. The molecule has 0 radical (unpaired) electrons. The Morgan fingerprint density at radius 2 is 0.895 bits per heavy atom. The Labute approximate surface area is 118 Å². The molecule has 0 saturated heterocycles. The first-order valence-corrected chi connectivity index (χ1v) is 7.44. The molecule has 3 heteroatoms. The Kier molecular flexibility index (Phi) is 22.6. The van der Waals surface area contributed by atoms with Gasteiger partial charge in [-0.1, -0.05) is 58.3 Å². The summed E-state index contributed by atoms with van der Waals surface area (Å²) in [5.74, 6) is 0. The average Bonchev–Trinajstić information content (AvgIpc) is 2.44. The summed E-state index contributed by atoms with van der Waals surface area (Å²) >= 11 is 0. The number of unbranched alkanes of at least 4 members (excludes halogenated alkanes) is 10. The van der Waals surface area contributed by atoms with Crippen LogP contribution in [0.3, 0.4) is 0 Å². The first kappa shape index (κ1) is 19.8. The van der Waals surface area contributed by atoms with Gasteiger partial charge in [0.1, 0.15) is 0 Å². The SMILES string of the molecule is CCCCCCCCCCCC#N.N#CCCC#N. The van der Waals surface area contributed by atoms with Crippen LogP contribution in [-0.4, -0.2) is 0 Å². The summed E-state index contributed by atoms with van der Waals surface area (Å²) < 4.78 is 0. The molecule has 0 amide bonds. The van der Waals surface area contributed by atoms with Crippen molar-refractivity contribution in [2.45, 2.75) is 84.0 Å². The molecule has 0 aromatic rings. The molecule has 0 N–H and O–H groups in total. The minimum atomic E-state index is 0.358. The summed E-state index contributed by atoms with van der Waals surface area (Å²) in [6.07, 6.45) is 13.5. The molecule has 0 unspecified atom stereocenters. The van der Waals surface area contributed by atoms with E-state index in [9.17, 15) is 0 Å². The van der Waals surface area contributed by atoms with E-state index in [1.807, 2.05) is 12.1 Å². The normalized spacial score (nSPS) is 8.53. The molecule has 0 saturated carbocycles. The van der Waals surface area contributed by atoms with Crippen molar-refractivity contribution in [3.8, 4) is 18.2 Å². The van der Waals surface area contributed by atoms with Crippen molar-refractivity contribution < 1.29 is 0 Å². The van der Waals surface area contributed by atoms with Crippen molar-refractivity contribution in [3.05, 3.63) is 0 Å². The first-order chi connectivity index (χ1) is 9.33. The summed E-state index contributed by atoms with van der Waals surface area (Å²) in [6, 6.07) is 5.88. The molecule has 0 aromatic heterocycles. The largest absolute Gasteiger partial charge is 0.198 e. The van der Waals surface area contributed by atoms with Crippen LogP contribution in [0.5, 0.6) is 0 Å². The standard InChI is InChI=1S/C12H23N.C4H4N2/c1-2-3-4-5-6-7-8-9-10-11-12-13;5-3-1-2-4-6/h2-11H2,1H3;1-2H2. The van der Waals surface area contributed by atoms with Gasteiger partial charge in [-0.3, -0.25) is 0 Å². The van der Waals surface area contributed by atoms with Gasteiger partial charge in [0.05, 0.1) is 18.2 Å². The minimum Gasteiger partial charge on any atom is -0.198 e. The van der Waals surface area contributed by atoms with Crippen LogP contribution in [0.25, 0.3) is 0 Å². The quantitative estimate of drug-likeness (QED) is 0.504. The van der Waals surface area contributed by atoms with E-state index in [4.69, 9.17) is 15.8 Å². The van der Waals surface area contributed by atoms with Gasteiger partial charge in [0.15, 0.2) is 0 Å². The second-order valence-corrected chi connectivity index (χ2v) is 4.55. The van der Waals surface area contributed by atoms with Gasteiger partial charge in [-0.25, -0.2) is 0 Å². The fourth-order valence-electron chi connectivity index (χ4n) is 1.63. The summed E-state index contributed by atoms with van der Waals surface area (Å²) in [7, 11) is 0. The van der Waals surface area contributed by atoms with E-state index < -0.39 is 0 Å². The van der Waals surface area contributed by atoms with Crippen molar-refractivity contribution in [2.75, 3.05) is 0 Å². The number of hydrogen-bond donors (Lipinski definition) is 0. The molecule has 0 aliphatic rings. The maximum Gasteiger partial charge on any atom is 0.0632 e. The fraction of sp³-hybridized carbons (Fsp3) is 0.812. The smallest absolute Gasteiger partial charge is 0.0632 e. The van der Waals surface area contributed by atoms with Crippen molar-refractivity contribution in [3.63, 3.8) is 0 Å². The Balaban J connectivity index is 0. The van der Waals surface area contributed by atoms with Crippen molar-refractivity contribution in [1.29, 1.82) is 15.8 Å². The predicted molar refractivity (Wildman–Crippen MR) is 77.9 cm³/mol. The Bertz CT molecular complexity index is 264. The van der Waals surface area contributed by atoms with Crippen molar-refractivity contribution in [1.82, 2.24) is 0 Å². The van der Waals surface area contributed by atoms with E-state index >= 15 is 0 Å². The van der Waals surface area contributed by atoms with Gasteiger partial charge in [0, 0.05) is 19.3 Å². The highest BCUT2D eigenvalue weighted by atomic mass is 14.2. The molecule has 106 valence electrons. The zero-order chi connectivity index (χ0) is 14.6. The lowest BCUT2D eigenvalue weighted by Gasteiger charge is -1.99. The molecule has 0 bridgehead atoms. The van der Waals surface area contributed by atoms with Crippen LogP contribution in [0.15, 0.2) is 0 Å². The zero-order valence-corrected chi connectivity index (χ0v) is 12.3. The monoisotopic (exact) mass is 261 g/mol. The second kappa shape index (κ2) is 21.7. The number of rotatable bonds is 10. The molecule has 0 atom stereocenters. The van der Waals surface area contributed by atoms with Crippen LogP contribution in [0.1, 0.15) is 84.0 Å². The molecule has 0 aliphatic carbocycles. The predicted octanol–water partition coefficient (Wildman–Crippen LogP) is 5.24. The maximum atomic E-state index is 8.32. The molecular formula is C16H27N3. The van der Waals surface area contributed by atoms with Crippen LogP contribution < -0.4 is 0 Å². The lowest BCUT2D eigenvalue weighted by Crippen LogP contribution is -1.80. The fourth-order valence-corrected chi connectivity index (χ4v) is 1.63. The summed E-state index contributed by atoms with van der Waals surface area (Å²) in [4.78, 5) is 0. The van der Waals surface area contributed by atoms with Gasteiger partial charge in [0.2, 0.25) is 0 Å². The third-order valence-corrected chi connectivity index (χ3v) is 2.74. The van der Waals surface area contributed by atoms with Gasteiger partial charge in [-0.05, 0) is 6.42 Å².